The van der Waals surface area contributed by atoms with Crippen molar-refractivity contribution < 1.29 is 0 Å². The predicted molar refractivity (Wildman–Crippen MR) is 80.6 cm³/mol. The van der Waals surface area contributed by atoms with Crippen molar-refractivity contribution in [2.24, 2.45) is 0 Å². The molecule has 100 valence electrons. The summed E-state index contributed by atoms with van der Waals surface area (Å²) in [6, 6.07) is 11.2. The van der Waals surface area contributed by atoms with Crippen molar-refractivity contribution in [3.8, 4) is 0 Å². The maximum Gasteiger partial charge on any atom is 0.0708 e. The fraction of sp³-hybridized carbons (Fsp3) is 0.438. The highest BCUT2D eigenvalue weighted by Crippen LogP contribution is 2.25. The molecule has 1 aromatic carbocycles. The van der Waals surface area contributed by atoms with Gasteiger partial charge < -0.3 is 0 Å². The lowest BCUT2D eigenvalue weighted by Gasteiger charge is -2.23. The van der Waals surface area contributed by atoms with Gasteiger partial charge in [-0.25, -0.2) is 0 Å². The summed E-state index contributed by atoms with van der Waals surface area (Å²) in [4.78, 5) is 7.11. The van der Waals surface area contributed by atoms with E-state index in [0.717, 1.165) is 30.2 Å². The number of aryl methyl sites for hydroxylation is 1. The molecular formula is C16H19ClN2. The summed E-state index contributed by atoms with van der Waals surface area (Å²) < 4.78 is 0. The van der Waals surface area contributed by atoms with Gasteiger partial charge in [0.25, 0.3) is 0 Å². The number of halogens is 1. The van der Waals surface area contributed by atoms with Gasteiger partial charge in [-0.3, -0.25) is 9.88 Å². The maximum atomic E-state index is 6.06. The molecule has 3 heteroatoms. The molecule has 2 heterocycles. The molecule has 0 saturated carbocycles. The van der Waals surface area contributed by atoms with Crippen molar-refractivity contribution in [1.29, 1.82) is 0 Å². The van der Waals surface area contributed by atoms with Crippen LogP contribution in [0.3, 0.4) is 0 Å². The monoisotopic (exact) mass is 274 g/mol. The number of pyridine rings is 1. The molecule has 3 rings (SSSR count). The van der Waals surface area contributed by atoms with E-state index in [1.807, 2.05) is 0 Å². The van der Waals surface area contributed by atoms with Crippen LogP contribution in [-0.4, -0.2) is 28.4 Å². The predicted octanol–water partition coefficient (Wildman–Crippen LogP) is 3.75. The number of fused-ring (bicyclic) bond motifs is 1. The van der Waals surface area contributed by atoms with E-state index in [9.17, 15) is 0 Å². The van der Waals surface area contributed by atoms with Gasteiger partial charge in [0, 0.05) is 29.5 Å². The van der Waals surface area contributed by atoms with Crippen LogP contribution in [0.2, 0.25) is 0 Å². The molecule has 0 radical (unpaired) electrons. The van der Waals surface area contributed by atoms with Crippen LogP contribution < -0.4 is 0 Å². The Morgan fingerprint density at radius 2 is 2.21 bits per heavy atom. The Bertz CT molecular complexity index is 582. The minimum atomic E-state index is 0.536. The Balaban J connectivity index is 1.96. The van der Waals surface area contributed by atoms with Gasteiger partial charge in [-0.1, -0.05) is 18.2 Å². The molecule has 1 aliphatic heterocycles. The van der Waals surface area contributed by atoms with Gasteiger partial charge >= 0.3 is 0 Å². The van der Waals surface area contributed by atoms with Crippen LogP contribution in [0.15, 0.2) is 30.3 Å². The topological polar surface area (TPSA) is 16.1 Å². The zero-order chi connectivity index (χ0) is 13.2. The molecule has 2 aromatic rings. The second kappa shape index (κ2) is 5.48. The third-order valence-electron chi connectivity index (χ3n) is 3.98. The summed E-state index contributed by atoms with van der Waals surface area (Å²) >= 11 is 6.06. The van der Waals surface area contributed by atoms with Gasteiger partial charge in [-0.15, -0.1) is 11.6 Å². The van der Waals surface area contributed by atoms with Crippen molar-refractivity contribution in [2.45, 2.75) is 32.4 Å². The first-order valence-electron chi connectivity index (χ1n) is 6.93. The molecule has 19 heavy (non-hydrogen) atoms. The second-order valence-corrected chi connectivity index (χ2v) is 5.67. The number of hydrogen-bond donors (Lipinski definition) is 0. The summed E-state index contributed by atoms with van der Waals surface area (Å²) in [6.07, 6.45) is 2.49. The van der Waals surface area contributed by atoms with Crippen molar-refractivity contribution in [3.63, 3.8) is 0 Å². The first kappa shape index (κ1) is 12.9. The third kappa shape index (κ3) is 2.60. The van der Waals surface area contributed by atoms with Gasteiger partial charge in [0.05, 0.1) is 5.52 Å². The highest BCUT2D eigenvalue weighted by Gasteiger charge is 2.24. The van der Waals surface area contributed by atoms with Crippen molar-refractivity contribution in [2.75, 3.05) is 12.4 Å². The summed E-state index contributed by atoms with van der Waals surface area (Å²) in [5.41, 5.74) is 3.56. The first-order chi connectivity index (χ1) is 9.28. The highest BCUT2D eigenvalue weighted by molar-refractivity contribution is 6.18. The molecule has 0 aliphatic carbocycles. The number of nitrogens with zero attached hydrogens (tertiary/aromatic N) is 2. The van der Waals surface area contributed by atoms with E-state index >= 15 is 0 Å². The molecule has 1 fully saturated rings. The van der Waals surface area contributed by atoms with E-state index in [1.54, 1.807) is 0 Å². The van der Waals surface area contributed by atoms with Crippen LogP contribution in [-0.2, 0) is 6.54 Å². The SMILES string of the molecule is Cc1cc(CN2CCCC2CCl)c2ccccc2n1. The Morgan fingerprint density at radius 3 is 3.05 bits per heavy atom. The Morgan fingerprint density at radius 1 is 1.37 bits per heavy atom. The molecule has 1 aromatic heterocycles. The fourth-order valence-electron chi connectivity index (χ4n) is 3.02. The average Bonchev–Trinajstić information content (AvgIpc) is 2.86. The zero-order valence-corrected chi connectivity index (χ0v) is 12.0. The van der Waals surface area contributed by atoms with Crippen molar-refractivity contribution >= 4 is 22.5 Å². The second-order valence-electron chi connectivity index (χ2n) is 5.36. The van der Waals surface area contributed by atoms with Crippen molar-refractivity contribution in [3.05, 3.63) is 41.6 Å². The largest absolute Gasteiger partial charge is 0.295 e. The number of rotatable bonds is 3. The van der Waals surface area contributed by atoms with Gasteiger partial charge in [-0.05, 0) is 44.0 Å². The molecule has 1 unspecified atom stereocenters. The van der Waals surface area contributed by atoms with E-state index in [4.69, 9.17) is 11.6 Å². The van der Waals surface area contributed by atoms with Crippen LogP contribution >= 0.6 is 11.6 Å². The van der Waals surface area contributed by atoms with Crippen LogP contribution in [0.25, 0.3) is 10.9 Å². The molecule has 0 N–H and O–H groups in total. The standard InChI is InChI=1S/C16H19ClN2/c1-12-9-13(11-19-8-4-5-14(19)10-17)15-6-2-3-7-16(15)18-12/h2-3,6-7,9,14H,4-5,8,10-11H2,1H3. The normalized spacial score (nSPS) is 20.2. The molecule has 1 atom stereocenters. The maximum absolute atomic E-state index is 6.06. The van der Waals surface area contributed by atoms with Crippen molar-refractivity contribution in [1.82, 2.24) is 9.88 Å². The minimum Gasteiger partial charge on any atom is -0.295 e. The lowest BCUT2D eigenvalue weighted by molar-refractivity contribution is 0.264. The van der Waals surface area contributed by atoms with Crippen LogP contribution in [0.4, 0.5) is 0 Å². The molecular weight excluding hydrogens is 256 g/mol. The molecule has 2 nitrogen and oxygen atoms in total. The van der Waals surface area contributed by atoms with E-state index in [0.29, 0.717) is 6.04 Å². The summed E-state index contributed by atoms with van der Waals surface area (Å²) in [5.74, 6) is 0.738. The number of likely N-dealkylation sites (tertiary alicyclic amines) is 1. The van der Waals surface area contributed by atoms with Gasteiger partial charge in [0.15, 0.2) is 0 Å². The molecule has 0 amide bonds. The summed E-state index contributed by atoms with van der Waals surface area (Å²) in [6.45, 7) is 4.22. The van der Waals surface area contributed by atoms with Crippen LogP contribution in [0.5, 0.6) is 0 Å². The van der Waals surface area contributed by atoms with Crippen LogP contribution in [0, 0.1) is 6.92 Å². The molecule has 1 aliphatic rings. The first-order valence-corrected chi connectivity index (χ1v) is 7.46. The van der Waals surface area contributed by atoms with E-state index in [1.165, 1.54) is 23.8 Å². The van der Waals surface area contributed by atoms with Gasteiger partial charge in [0.2, 0.25) is 0 Å². The van der Waals surface area contributed by atoms with Crippen LogP contribution in [0.1, 0.15) is 24.1 Å². The third-order valence-corrected chi connectivity index (χ3v) is 4.34. The Kier molecular flexibility index (Phi) is 3.72. The minimum absolute atomic E-state index is 0.536. The van der Waals surface area contributed by atoms with E-state index in [-0.39, 0.29) is 0 Å². The lowest BCUT2D eigenvalue weighted by Crippen LogP contribution is -2.30. The quantitative estimate of drug-likeness (QED) is 0.793. The summed E-state index contributed by atoms with van der Waals surface area (Å²) in [5, 5.41) is 1.27. The highest BCUT2D eigenvalue weighted by atomic mass is 35.5. The number of alkyl halides is 1. The van der Waals surface area contributed by atoms with E-state index in [2.05, 4.69) is 47.1 Å². The number of para-hydroxylation sites is 1. The number of hydrogen-bond acceptors (Lipinski definition) is 2. The lowest BCUT2D eigenvalue weighted by atomic mass is 10.1. The Labute approximate surface area is 119 Å². The van der Waals surface area contributed by atoms with Gasteiger partial charge in [0.1, 0.15) is 0 Å². The fourth-order valence-corrected chi connectivity index (χ4v) is 3.37. The number of aromatic nitrogens is 1. The van der Waals surface area contributed by atoms with E-state index < -0.39 is 0 Å². The summed E-state index contributed by atoms with van der Waals surface area (Å²) in [7, 11) is 0. The molecule has 0 spiro atoms. The smallest absolute Gasteiger partial charge is 0.0708 e. The number of benzene rings is 1. The molecule has 0 bridgehead atoms. The average molecular weight is 275 g/mol. The Hall–Kier alpha value is -1.12. The molecule has 1 saturated heterocycles. The zero-order valence-electron chi connectivity index (χ0n) is 11.3. The van der Waals surface area contributed by atoms with Gasteiger partial charge in [-0.2, -0.15) is 0 Å².